The molecule has 0 aliphatic heterocycles. The Morgan fingerprint density at radius 3 is 2.52 bits per heavy atom. The molecule has 0 aliphatic rings. The predicted octanol–water partition coefficient (Wildman–Crippen LogP) is 3.85. The summed E-state index contributed by atoms with van der Waals surface area (Å²) in [6, 6.07) is 18.0. The molecule has 2 aromatic rings. The molecule has 110 valence electrons. The zero-order chi connectivity index (χ0) is 15.1. The van der Waals surface area contributed by atoms with Crippen LogP contribution in [0.2, 0.25) is 0 Å². The zero-order valence-electron chi connectivity index (χ0n) is 12.7. The molecule has 0 fully saturated rings. The lowest BCUT2D eigenvalue weighted by Crippen LogP contribution is -2.31. The molecule has 2 aromatic carbocycles. The quantitative estimate of drug-likeness (QED) is 0.872. The van der Waals surface area contributed by atoms with E-state index in [0.29, 0.717) is 19.5 Å². The maximum Gasteiger partial charge on any atom is 0.228 e. The average molecular weight is 282 g/mol. The summed E-state index contributed by atoms with van der Waals surface area (Å²) in [7, 11) is 0. The Bertz CT molecular complexity index is 581. The second-order valence-corrected chi connectivity index (χ2v) is 5.02. The average Bonchev–Trinajstić information content (AvgIpc) is 2.49. The molecule has 1 amide bonds. The molecule has 0 heterocycles. The normalized spacial score (nSPS) is 10.2. The van der Waals surface area contributed by atoms with E-state index in [9.17, 15) is 4.79 Å². The van der Waals surface area contributed by atoms with Gasteiger partial charge in [0.1, 0.15) is 0 Å². The van der Waals surface area contributed by atoms with Gasteiger partial charge in [0.2, 0.25) is 5.91 Å². The molecule has 0 atom stereocenters. The van der Waals surface area contributed by atoms with Crippen molar-refractivity contribution in [1.82, 2.24) is 0 Å². The van der Waals surface area contributed by atoms with Crippen LogP contribution in [0.4, 0.5) is 11.4 Å². The number of aryl methyl sites for hydroxylation is 1. The highest BCUT2D eigenvalue weighted by Gasteiger charge is 2.13. The fourth-order valence-electron chi connectivity index (χ4n) is 2.30. The molecule has 0 aliphatic carbocycles. The Kier molecular flexibility index (Phi) is 5.38. The van der Waals surface area contributed by atoms with Gasteiger partial charge < -0.3 is 10.2 Å². The maximum absolute atomic E-state index is 12.4. The van der Waals surface area contributed by atoms with Crippen molar-refractivity contribution in [3.8, 4) is 0 Å². The van der Waals surface area contributed by atoms with Crippen LogP contribution in [0.5, 0.6) is 0 Å². The van der Waals surface area contributed by atoms with Crippen LogP contribution in [0.15, 0.2) is 54.6 Å². The highest BCUT2D eigenvalue weighted by atomic mass is 16.2. The fourth-order valence-corrected chi connectivity index (χ4v) is 2.30. The smallest absolute Gasteiger partial charge is 0.228 e. The third-order valence-electron chi connectivity index (χ3n) is 3.37. The molecular weight excluding hydrogens is 260 g/mol. The number of para-hydroxylation sites is 1. The summed E-state index contributed by atoms with van der Waals surface area (Å²) in [5.41, 5.74) is 3.19. The van der Waals surface area contributed by atoms with Crippen molar-refractivity contribution >= 4 is 17.3 Å². The van der Waals surface area contributed by atoms with Crippen molar-refractivity contribution in [1.29, 1.82) is 0 Å². The summed E-state index contributed by atoms with van der Waals surface area (Å²) in [4.78, 5) is 14.2. The number of nitrogens with one attached hydrogen (secondary N) is 1. The Balaban J connectivity index is 1.92. The van der Waals surface area contributed by atoms with Crippen LogP contribution in [-0.4, -0.2) is 19.0 Å². The Labute approximate surface area is 126 Å². The number of amides is 1. The molecule has 0 aromatic heterocycles. The van der Waals surface area contributed by atoms with E-state index in [1.165, 1.54) is 5.56 Å². The first kappa shape index (κ1) is 15.1. The van der Waals surface area contributed by atoms with Crippen molar-refractivity contribution in [2.45, 2.75) is 20.3 Å². The molecule has 3 nitrogen and oxygen atoms in total. The number of carbonyl (C=O) groups excluding carboxylic acids is 1. The highest BCUT2D eigenvalue weighted by molar-refractivity contribution is 5.93. The van der Waals surface area contributed by atoms with Crippen molar-refractivity contribution < 1.29 is 4.79 Å². The lowest BCUT2D eigenvalue weighted by Gasteiger charge is -2.21. The molecule has 0 saturated carbocycles. The topological polar surface area (TPSA) is 32.3 Å². The first-order valence-corrected chi connectivity index (χ1v) is 7.36. The van der Waals surface area contributed by atoms with E-state index < -0.39 is 0 Å². The number of carbonyl (C=O) groups is 1. The van der Waals surface area contributed by atoms with Crippen molar-refractivity contribution in [2.75, 3.05) is 23.3 Å². The Hall–Kier alpha value is -2.29. The zero-order valence-corrected chi connectivity index (χ0v) is 12.7. The van der Waals surface area contributed by atoms with E-state index in [1.54, 1.807) is 0 Å². The second kappa shape index (κ2) is 7.48. The van der Waals surface area contributed by atoms with Gasteiger partial charge in [-0.05, 0) is 43.7 Å². The molecule has 3 heteroatoms. The number of anilines is 2. The van der Waals surface area contributed by atoms with Gasteiger partial charge in [-0.2, -0.15) is 0 Å². The second-order valence-electron chi connectivity index (χ2n) is 5.02. The van der Waals surface area contributed by atoms with Crippen LogP contribution in [0, 0.1) is 6.92 Å². The minimum Gasteiger partial charge on any atom is -0.385 e. The molecule has 0 unspecified atom stereocenters. The maximum atomic E-state index is 12.4. The third kappa shape index (κ3) is 4.35. The van der Waals surface area contributed by atoms with Crippen LogP contribution in [0.3, 0.4) is 0 Å². The summed E-state index contributed by atoms with van der Waals surface area (Å²) >= 11 is 0. The van der Waals surface area contributed by atoms with Gasteiger partial charge in [-0.1, -0.05) is 30.3 Å². The van der Waals surface area contributed by atoms with Crippen molar-refractivity contribution in [2.24, 2.45) is 0 Å². The minimum atomic E-state index is 0.145. The lowest BCUT2D eigenvalue weighted by atomic mass is 10.2. The van der Waals surface area contributed by atoms with Gasteiger partial charge in [-0.25, -0.2) is 0 Å². The Morgan fingerprint density at radius 1 is 1.10 bits per heavy atom. The molecule has 21 heavy (non-hydrogen) atoms. The van der Waals surface area contributed by atoms with E-state index in [4.69, 9.17) is 0 Å². The van der Waals surface area contributed by atoms with Crippen molar-refractivity contribution in [3.63, 3.8) is 0 Å². The monoisotopic (exact) mass is 282 g/mol. The van der Waals surface area contributed by atoms with E-state index in [2.05, 4.69) is 5.32 Å². The molecule has 2 rings (SSSR count). The van der Waals surface area contributed by atoms with Gasteiger partial charge in [-0.3, -0.25) is 4.79 Å². The van der Waals surface area contributed by atoms with Gasteiger partial charge >= 0.3 is 0 Å². The number of hydrogen-bond acceptors (Lipinski definition) is 2. The van der Waals surface area contributed by atoms with Crippen LogP contribution < -0.4 is 10.2 Å². The predicted molar refractivity (Wildman–Crippen MR) is 88.8 cm³/mol. The summed E-state index contributed by atoms with van der Waals surface area (Å²) in [5, 5.41) is 3.27. The van der Waals surface area contributed by atoms with Crippen LogP contribution in [-0.2, 0) is 4.79 Å². The van der Waals surface area contributed by atoms with E-state index in [-0.39, 0.29) is 5.91 Å². The van der Waals surface area contributed by atoms with Crippen LogP contribution in [0.1, 0.15) is 18.9 Å². The third-order valence-corrected chi connectivity index (χ3v) is 3.37. The number of rotatable bonds is 6. The highest BCUT2D eigenvalue weighted by Crippen LogP contribution is 2.16. The first-order chi connectivity index (χ1) is 10.2. The molecular formula is C18H22N2O. The standard InChI is InChI=1S/C18H22N2O/c1-3-20(17-11-7-8-15(2)14-17)18(21)12-13-19-16-9-5-4-6-10-16/h4-11,14,19H,3,12-13H2,1-2H3. The van der Waals surface area contributed by atoms with Gasteiger partial charge in [0.15, 0.2) is 0 Å². The number of nitrogens with zero attached hydrogens (tertiary/aromatic N) is 1. The molecule has 0 bridgehead atoms. The fraction of sp³-hybridized carbons (Fsp3) is 0.278. The number of hydrogen-bond donors (Lipinski definition) is 1. The Morgan fingerprint density at radius 2 is 1.86 bits per heavy atom. The van der Waals surface area contributed by atoms with Gasteiger partial charge in [0.25, 0.3) is 0 Å². The molecule has 0 saturated heterocycles. The summed E-state index contributed by atoms with van der Waals surface area (Å²) in [6.07, 6.45) is 0.483. The number of benzene rings is 2. The SMILES string of the molecule is CCN(C(=O)CCNc1ccccc1)c1cccc(C)c1. The van der Waals surface area contributed by atoms with E-state index >= 15 is 0 Å². The summed E-state index contributed by atoms with van der Waals surface area (Å²) < 4.78 is 0. The summed E-state index contributed by atoms with van der Waals surface area (Å²) in [6.45, 7) is 5.38. The van der Waals surface area contributed by atoms with Gasteiger partial charge in [0.05, 0.1) is 0 Å². The van der Waals surface area contributed by atoms with Gasteiger partial charge in [-0.15, -0.1) is 0 Å². The lowest BCUT2D eigenvalue weighted by molar-refractivity contribution is -0.118. The minimum absolute atomic E-state index is 0.145. The van der Waals surface area contributed by atoms with Gasteiger partial charge in [0, 0.05) is 30.9 Å². The molecule has 0 spiro atoms. The van der Waals surface area contributed by atoms with Crippen LogP contribution in [0.25, 0.3) is 0 Å². The van der Waals surface area contributed by atoms with Crippen molar-refractivity contribution in [3.05, 3.63) is 60.2 Å². The van der Waals surface area contributed by atoms with Crippen LogP contribution >= 0.6 is 0 Å². The van der Waals surface area contributed by atoms with E-state index in [0.717, 1.165) is 11.4 Å². The largest absolute Gasteiger partial charge is 0.385 e. The van der Waals surface area contributed by atoms with E-state index in [1.807, 2.05) is 73.3 Å². The molecule has 1 N–H and O–H groups in total. The first-order valence-electron chi connectivity index (χ1n) is 7.36. The summed E-state index contributed by atoms with van der Waals surface area (Å²) in [5.74, 6) is 0.145. The molecule has 0 radical (unpaired) electrons.